The van der Waals surface area contributed by atoms with E-state index in [2.05, 4.69) is 100 Å². The van der Waals surface area contributed by atoms with Crippen LogP contribution in [0.15, 0.2) is 72.8 Å². The molecule has 4 aromatic rings. The molecule has 0 aliphatic rings. The summed E-state index contributed by atoms with van der Waals surface area (Å²) in [5.41, 5.74) is 0. The fourth-order valence-electron chi connectivity index (χ4n) is 3.17. The molecule has 4 rings (SSSR count). The molecule has 0 saturated carbocycles. The summed E-state index contributed by atoms with van der Waals surface area (Å²) < 4.78 is 6.63. The van der Waals surface area contributed by atoms with Crippen molar-refractivity contribution < 1.29 is 18.9 Å². The molecule has 0 aliphatic heterocycles. The second-order valence-corrected chi connectivity index (χ2v) is 25.9. The van der Waals surface area contributed by atoms with Crippen molar-refractivity contribution in [3.8, 4) is 0 Å². The first-order valence-electron chi connectivity index (χ1n) is 9.21. The van der Waals surface area contributed by atoms with Crippen LogP contribution in [0.2, 0.25) is 23.0 Å². The van der Waals surface area contributed by atoms with E-state index in [1.807, 2.05) is 0 Å². The maximum atomic E-state index is 5.13. The SMILES string of the molecule is [CH2]=[Zr]([Cl])[Cl].[CH3][Ge]([CH3])[c]1c[cH-]c2ccccc12.[CH3][Ge]([CH3])[c]1c[cH-]c2ccccc12. The minimum atomic E-state index is -1.85. The summed E-state index contributed by atoms with van der Waals surface area (Å²) in [6, 6.07) is 26.4. The standard InChI is InChI=1S/2C11H12Ge.CH2.2ClH.Zr/c2*1-12(2)11-8-7-9-5-3-4-6-10(9)11;;;;/h2*3-8H,1-2H3;1H2;2*1H;/q2*-1;;;;+2/p-2. The summed E-state index contributed by atoms with van der Waals surface area (Å²) >= 11 is -3.61. The van der Waals surface area contributed by atoms with E-state index in [9.17, 15) is 0 Å². The Morgan fingerprint density at radius 3 is 1.36 bits per heavy atom. The molecule has 0 unspecified atom stereocenters. The first-order chi connectivity index (χ1) is 13.3. The van der Waals surface area contributed by atoms with E-state index in [4.69, 9.17) is 17.0 Å². The number of hydrogen-bond acceptors (Lipinski definition) is 0. The van der Waals surface area contributed by atoms with Crippen molar-refractivity contribution in [3.63, 3.8) is 0 Å². The van der Waals surface area contributed by atoms with Crippen LogP contribution in [0.1, 0.15) is 0 Å². The van der Waals surface area contributed by atoms with E-state index in [0.717, 1.165) is 0 Å². The van der Waals surface area contributed by atoms with Crippen LogP contribution >= 0.6 is 17.0 Å². The number of halogens is 2. The molecule has 146 valence electrons. The fraction of sp³-hybridized carbons (Fsp3) is 0.174. The van der Waals surface area contributed by atoms with Gasteiger partial charge in [-0.15, -0.1) is 0 Å². The molecule has 0 atom stereocenters. The second-order valence-electron chi connectivity index (χ2n) is 7.01. The maximum absolute atomic E-state index is 5.13. The van der Waals surface area contributed by atoms with Gasteiger partial charge in [0.05, 0.1) is 0 Å². The van der Waals surface area contributed by atoms with E-state index < -0.39 is 47.6 Å². The molecule has 2 radical (unpaired) electrons. The van der Waals surface area contributed by atoms with Gasteiger partial charge in [0.25, 0.3) is 0 Å². The Morgan fingerprint density at radius 2 is 1.04 bits per heavy atom. The van der Waals surface area contributed by atoms with Gasteiger partial charge in [0, 0.05) is 0 Å². The first-order valence-corrected chi connectivity index (χ1v) is 27.8. The zero-order valence-corrected chi connectivity index (χ0v) is 25.1. The van der Waals surface area contributed by atoms with Gasteiger partial charge in [-0.05, 0) is 0 Å². The van der Waals surface area contributed by atoms with Crippen LogP contribution in [-0.4, -0.2) is 32.9 Å². The van der Waals surface area contributed by atoms with E-state index in [-0.39, 0.29) is 0 Å². The molecule has 0 saturated heterocycles. The molecule has 0 amide bonds. The Morgan fingerprint density at radius 1 is 0.714 bits per heavy atom. The number of fused-ring (bicyclic) bond motifs is 2. The van der Waals surface area contributed by atoms with Crippen LogP contribution in [0.5, 0.6) is 0 Å². The Bertz CT molecular complexity index is 949. The van der Waals surface area contributed by atoms with Crippen LogP contribution in [0, 0.1) is 0 Å². The van der Waals surface area contributed by atoms with Crippen LogP contribution in [0.25, 0.3) is 21.5 Å². The van der Waals surface area contributed by atoms with E-state index in [0.29, 0.717) is 0 Å². The topological polar surface area (TPSA) is 0 Å². The van der Waals surface area contributed by atoms with Gasteiger partial charge in [-0.25, -0.2) is 0 Å². The van der Waals surface area contributed by atoms with Gasteiger partial charge < -0.3 is 0 Å². The molecule has 0 fully saturated rings. The zero-order valence-electron chi connectivity index (χ0n) is 16.9. The van der Waals surface area contributed by atoms with Gasteiger partial charge in [0.1, 0.15) is 0 Å². The van der Waals surface area contributed by atoms with Crippen molar-refractivity contribution in [2.45, 2.75) is 23.0 Å². The van der Waals surface area contributed by atoms with Gasteiger partial charge in [0.15, 0.2) is 0 Å². The van der Waals surface area contributed by atoms with Crippen molar-refractivity contribution in [1.82, 2.24) is 0 Å². The Hall–Kier alpha value is 0.0788. The van der Waals surface area contributed by atoms with Crippen LogP contribution in [0.4, 0.5) is 0 Å². The molecule has 5 heteroatoms. The third kappa shape index (κ3) is 7.10. The van der Waals surface area contributed by atoms with Crippen molar-refractivity contribution in [3.05, 3.63) is 72.8 Å². The molecule has 0 aromatic heterocycles. The predicted octanol–water partition coefficient (Wildman–Crippen LogP) is 6.38. The molecule has 28 heavy (non-hydrogen) atoms. The van der Waals surface area contributed by atoms with E-state index in [1.54, 1.807) is 8.79 Å². The monoisotopic (exact) mass is 610 g/mol. The molecular weight excluding hydrogens is 584 g/mol. The van der Waals surface area contributed by atoms with Crippen LogP contribution in [0.3, 0.4) is 0 Å². The Kier molecular flexibility index (Phi) is 10.5. The molecule has 0 spiro atoms. The third-order valence-corrected chi connectivity index (χ3v) is 10.8. The second kappa shape index (κ2) is 12.1. The summed E-state index contributed by atoms with van der Waals surface area (Å²) in [6.45, 7) is 0. The number of benzene rings is 2. The van der Waals surface area contributed by atoms with Gasteiger partial charge in [-0.2, -0.15) is 0 Å². The Labute approximate surface area is 193 Å². The summed E-state index contributed by atoms with van der Waals surface area (Å²) in [4.78, 5) is 0. The van der Waals surface area contributed by atoms with Gasteiger partial charge in [0.2, 0.25) is 0 Å². The fourth-order valence-corrected chi connectivity index (χ4v) is 8.14. The number of rotatable bonds is 2. The number of hydrogen-bond donors (Lipinski definition) is 0. The van der Waals surface area contributed by atoms with Crippen LogP contribution < -0.4 is 8.79 Å². The quantitative estimate of drug-likeness (QED) is 0.183. The first kappa shape index (κ1) is 24.3. The normalized spacial score (nSPS) is 10.6. The van der Waals surface area contributed by atoms with Crippen molar-refractivity contribution in [2.24, 2.45) is 0 Å². The summed E-state index contributed by atoms with van der Waals surface area (Å²) in [5.74, 6) is 9.62. The zero-order chi connectivity index (χ0) is 20.7. The average Bonchev–Trinajstić information content (AvgIpc) is 3.26. The summed E-state index contributed by atoms with van der Waals surface area (Å²) in [6.07, 6.45) is 0. The summed E-state index contributed by atoms with van der Waals surface area (Å²) in [7, 11) is 10.3. The third-order valence-electron chi connectivity index (χ3n) is 4.44. The van der Waals surface area contributed by atoms with Gasteiger partial charge in [-0.1, -0.05) is 0 Å². The van der Waals surface area contributed by atoms with E-state index in [1.165, 1.54) is 21.5 Å². The molecule has 0 aliphatic carbocycles. The molecule has 0 N–H and O–H groups in total. The minimum absolute atomic E-state index is 0.882. The molecule has 0 heterocycles. The van der Waals surface area contributed by atoms with Crippen molar-refractivity contribution in [2.75, 3.05) is 0 Å². The molecule has 0 nitrogen and oxygen atoms in total. The predicted molar refractivity (Wildman–Crippen MR) is 132 cm³/mol. The van der Waals surface area contributed by atoms with Crippen LogP contribution in [-0.2, 0) is 18.9 Å². The van der Waals surface area contributed by atoms with Gasteiger partial charge >= 0.3 is 195 Å². The molecular formula is C23H26Cl2Ge2Zr-2. The molecule has 0 bridgehead atoms. The van der Waals surface area contributed by atoms with Gasteiger partial charge in [-0.3, -0.25) is 0 Å². The average molecular weight is 610 g/mol. The molecule has 4 aromatic carbocycles. The van der Waals surface area contributed by atoms with E-state index >= 15 is 0 Å². The Balaban J connectivity index is 0.000000169. The summed E-state index contributed by atoms with van der Waals surface area (Å²) in [5, 5.41) is 5.78. The van der Waals surface area contributed by atoms with Crippen molar-refractivity contribution >= 4 is 80.3 Å². The van der Waals surface area contributed by atoms with Crippen molar-refractivity contribution in [1.29, 1.82) is 0 Å².